The fraction of sp³-hybridized carbons (Fsp3) is 0.194. The second-order valence-electron chi connectivity index (χ2n) is 9.58. The van der Waals surface area contributed by atoms with Crippen LogP contribution in [0.15, 0.2) is 43.5 Å². The first-order chi connectivity index (χ1) is 17.7. The number of carboxylic acid groups (broad SMARTS) is 1. The molecule has 0 fully saturated rings. The molecular weight excluding hydrogens is 460 g/mol. The maximum Gasteiger partial charge on any atom is 0.303 e. The molecule has 0 saturated carbocycles. The first-order valence-corrected chi connectivity index (χ1v) is 12.3. The zero-order chi connectivity index (χ0) is 26.4. The molecule has 3 aromatic rings. The summed E-state index contributed by atoms with van der Waals surface area (Å²) < 4.78 is 0. The van der Waals surface area contributed by atoms with Crippen LogP contribution < -0.4 is 0 Å². The van der Waals surface area contributed by atoms with Gasteiger partial charge in [0.05, 0.1) is 22.8 Å². The van der Waals surface area contributed by atoms with Gasteiger partial charge in [0.25, 0.3) is 0 Å². The number of carbonyl (C=O) groups is 1. The summed E-state index contributed by atoms with van der Waals surface area (Å²) in [7, 11) is 0. The second kappa shape index (κ2) is 9.21. The molecule has 0 saturated heterocycles. The van der Waals surface area contributed by atoms with Crippen LogP contribution in [-0.2, 0) is 4.79 Å². The highest BCUT2D eigenvalue weighted by molar-refractivity contribution is 5.96. The van der Waals surface area contributed by atoms with Crippen molar-refractivity contribution in [1.82, 2.24) is 19.9 Å². The van der Waals surface area contributed by atoms with Crippen molar-refractivity contribution in [2.24, 2.45) is 0 Å². The summed E-state index contributed by atoms with van der Waals surface area (Å²) in [5, 5.41) is 9.36. The normalized spacial score (nSPS) is 13.3. The van der Waals surface area contributed by atoms with Crippen LogP contribution in [0.25, 0.3) is 56.5 Å². The number of aryl methyl sites for hydroxylation is 1. The Kier molecular flexibility index (Phi) is 6.04. The average molecular weight is 491 g/mol. The first-order valence-electron chi connectivity index (χ1n) is 12.3. The van der Waals surface area contributed by atoms with Crippen molar-refractivity contribution < 1.29 is 9.90 Å². The number of H-pyrrole nitrogens is 2. The van der Waals surface area contributed by atoms with Crippen LogP contribution in [0.3, 0.4) is 0 Å². The lowest BCUT2D eigenvalue weighted by atomic mass is 10.0. The van der Waals surface area contributed by atoms with E-state index in [1.54, 1.807) is 0 Å². The maximum atomic E-state index is 11.4. The molecule has 6 nitrogen and oxygen atoms in total. The summed E-state index contributed by atoms with van der Waals surface area (Å²) in [5.41, 5.74) is 14.2. The molecule has 0 aromatic carbocycles. The summed E-state index contributed by atoms with van der Waals surface area (Å²) in [4.78, 5) is 28.4. The zero-order valence-corrected chi connectivity index (χ0v) is 21.6. The van der Waals surface area contributed by atoms with Gasteiger partial charge in [-0.05, 0) is 97.9 Å². The van der Waals surface area contributed by atoms with Gasteiger partial charge in [-0.25, -0.2) is 9.97 Å². The summed E-state index contributed by atoms with van der Waals surface area (Å²) in [6, 6.07) is 10.2. The van der Waals surface area contributed by atoms with Gasteiger partial charge in [0.2, 0.25) is 0 Å². The van der Waals surface area contributed by atoms with E-state index in [9.17, 15) is 9.90 Å². The van der Waals surface area contributed by atoms with Gasteiger partial charge in [0.1, 0.15) is 0 Å². The Labute approximate surface area is 215 Å². The lowest BCUT2D eigenvalue weighted by Gasteiger charge is -2.03. The van der Waals surface area contributed by atoms with Crippen molar-refractivity contribution in [1.29, 1.82) is 0 Å². The van der Waals surface area contributed by atoms with E-state index in [4.69, 9.17) is 9.97 Å². The predicted molar refractivity (Wildman–Crippen MR) is 153 cm³/mol. The number of nitrogens with zero attached hydrogens (tertiary/aromatic N) is 2. The molecule has 0 radical (unpaired) electrons. The molecule has 5 heterocycles. The number of aromatic amines is 2. The van der Waals surface area contributed by atoms with E-state index < -0.39 is 5.97 Å². The van der Waals surface area contributed by atoms with Gasteiger partial charge in [0.15, 0.2) is 0 Å². The molecule has 2 aliphatic rings. The van der Waals surface area contributed by atoms with E-state index in [-0.39, 0.29) is 6.42 Å². The standard InChI is InChI=1S/C31H30N4O2/c1-7-20-11-21-12-29-22(8-2)18(5)26(34-29)13-27-19(6)23(9-10-31(36)37)30(35-27)15-25-17(4)16(3)24(33-25)14-28(20)32-21/h7-8,11-15,32,34H,1-2,9-10H2,3-6H3,(H,36,37). The van der Waals surface area contributed by atoms with Gasteiger partial charge in [-0.3, -0.25) is 4.79 Å². The molecule has 0 unspecified atom stereocenters. The molecule has 5 rings (SSSR count). The highest BCUT2D eigenvalue weighted by atomic mass is 16.4. The van der Waals surface area contributed by atoms with Crippen LogP contribution in [0.4, 0.5) is 0 Å². The minimum absolute atomic E-state index is 0.0405. The molecule has 0 aliphatic carbocycles. The Balaban J connectivity index is 1.93. The molecule has 2 aliphatic heterocycles. The molecule has 3 aromatic heterocycles. The topological polar surface area (TPSA) is 94.7 Å². The second-order valence-corrected chi connectivity index (χ2v) is 9.58. The monoisotopic (exact) mass is 490 g/mol. The Morgan fingerprint density at radius 2 is 1.46 bits per heavy atom. The fourth-order valence-corrected chi connectivity index (χ4v) is 5.01. The molecule has 186 valence electrons. The lowest BCUT2D eigenvalue weighted by Crippen LogP contribution is -1.95. The van der Waals surface area contributed by atoms with Crippen molar-refractivity contribution in [2.45, 2.75) is 40.5 Å². The number of hydrogen-bond donors (Lipinski definition) is 3. The lowest BCUT2D eigenvalue weighted by molar-refractivity contribution is -0.136. The molecule has 8 bridgehead atoms. The Bertz CT molecular complexity index is 1730. The minimum atomic E-state index is -0.829. The van der Waals surface area contributed by atoms with Gasteiger partial charge in [-0.1, -0.05) is 25.3 Å². The molecule has 0 amide bonds. The van der Waals surface area contributed by atoms with Gasteiger partial charge in [-0.2, -0.15) is 0 Å². The minimum Gasteiger partial charge on any atom is -0.481 e. The Morgan fingerprint density at radius 1 is 0.811 bits per heavy atom. The fourth-order valence-electron chi connectivity index (χ4n) is 5.01. The molecule has 0 atom stereocenters. The van der Waals surface area contributed by atoms with Gasteiger partial charge >= 0.3 is 5.97 Å². The number of nitrogens with one attached hydrogen (secondary N) is 2. The number of aliphatic carboxylic acids is 1. The Morgan fingerprint density at radius 3 is 2.14 bits per heavy atom. The van der Waals surface area contributed by atoms with E-state index >= 15 is 0 Å². The highest BCUT2D eigenvalue weighted by Gasteiger charge is 2.20. The summed E-state index contributed by atoms with van der Waals surface area (Å²) in [5.74, 6) is -0.829. The van der Waals surface area contributed by atoms with Gasteiger partial charge in [0, 0.05) is 34.1 Å². The van der Waals surface area contributed by atoms with Crippen LogP contribution in [0.5, 0.6) is 0 Å². The molecular formula is C31H30N4O2. The number of carboxylic acids is 1. The predicted octanol–water partition coefficient (Wildman–Crippen LogP) is 7.66. The molecule has 3 N–H and O–H groups in total. The number of rotatable bonds is 5. The van der Waals surface area contributed by atoms with E-state index in [1.807, 2.05) is 37.3 Å². The third kappa shape index (κ3) is 4.25. The summed E-state index contributed by atoms with van der Waals surface area (Å²) >= 11 is 0. The number of fused-ring (bicyclic) bond motifs is 8. The van der Waals surface area contributed by atoms with Crippen molar-refractivity contribution in [3.63, 3.8) is 0 Å². The molecule has 37 heavy (non-hydrogen) atoms. The van der Waals surface area contributed by atoms with E-state index in [1.165, 1.54) is 0 Å². The van der Waals surface area contributed by atoms with E-state index in [0.717, 1.165) is 83.8 Å². The summed E-state index contributed by atoms with van der Waals surface area (Å²) in [6.07, 6.45) is 4.14. The number of hydrogen-bond acceptors (Lipinski definition) is 3. The van der Waals surface area contributed by atoms with E-state index in [0.29, 0.717) is 6.42 Å². The third-order valence-corrected chi connectivity index (χ3v) is 7.38. The summed E-state index contributed by atoms with van der Waals surface area (Å²) in [6.45, 7) is 16.2. The van der Waals surface area contributed by atoms with Crippen molar-refractivity contribution in [3.05, 3.63) is 83.0 Å². The highest BCUT2D eigenvalue weighted by Crippen LogP contribution is 2.36. The van der Waals surface area contributed by atoms with Crippen molar-refractivity contribution >= 4 is 62.5 Å². The van der Waals surface area contributed by atoms with Crippen molar-refractivity contribution in [3.8, 4) is 0 Å². The number of aromatic nitrogens is 4. The van der Waals surface area contributed by atoms with E-state index in [2.05, 4.69) is 56.0 Å². The van der Waals surface area contributed by atoms with Crippen LogP contribution in [0.2, 0.25) is 0 Å². The Hall–Kier alpha value is -4.45. The largest absolute Gasteiger partial charge is 0.481 e. The van der Waals surface area contributed by atoms with Crippen LogP contribution in [0.1, 0.15) is 73.1 Å². The van der Waals surface area contributed by atoms with Crippen LogP contribution in [-0.4, -0.2) is 31.0 Å². The van der Waals surface area contributed by atoms with Crippen molar-refractivity contribution in [2.75, 3.05) is 0 Å². The maximum absolute atomic E-state index is 11.4. The van der Waals surface area contributed by atoms with Crippen LogP contribution in [0, 0.1) is 6.92 Å². The van der Waals surface area contributed by atoms with Gasteiger partial charge < -0.3 is 15.1 Å². The number of allylic oxidation sites excluding steroid dienone is 4. The molecule has 6 heteroatoms. The zero-order valence-electron chi connectivity index (χ0n) is 21.6. The first kappa shape index (κ1) is 24.3. The third-order valence-electron chi connectivity index (χ3n) is 7.38. The quantitative estimate of drug-likeness (QED) is 0.342. The smallest absolute Gasteiger partial charge is 0.303 e. The molecule has 0 spiro atoms. The average Bonchev–Trinajstić information content (AvgIpc) is 3.54. The SMILES string of the molecule is C=Cc1cc2cc3[nH]c(cc4nc(cc5nc(cc1[nH]2)C(C)=C5C)C(CCC(=O)O)=C4C)c(C)c3C=C. The van der Waals surface area contributed by atoms with Gasteiger partial charge in [-0.15, -0.1) is 0 Å². The van der Waals surface area contributed by atoms with Crippen LogP contribution >= 0.6 is 0 Å².